The van der Waals surface area contributed by atoms with Crippen LogP contribution in [0.25, 0.3) is 0 Å². The van der Waals surface area contributed by atoms with E-state index in [1.54, 1.807) is 0 Å². The van der Waals surface area contributed by atoms with Crippen LogP contribution in [0.15, 0.2) is 36.4 Å². The number of hydrogen-bond donors (Lipinski definition) is 2. The van der Waals surface area contributed by atoms with E-state index in [1.165, 1.54) is 37.6 Å². The predicted molar refractivity (Wildman–Crippen MR) is 120 cm³/mol. The highest BCUT2D eigenvalue weighted by molar-refractivity contribution is 6.31. The molecule has 2 N–H and O–H groups in total. The van der Waals surface area contributed by atoms with Crippen LogP contribution < -0.4 is 10.6 Å². The third kappa shape index (κ3) is 5.12. The number of Topliss-reactive ketones (excluding diaryl/α,β-unsaturated/α-hetero) is 1. The number of carbonyl (C=O) groups excluding carboxylic acids is 3. The van der Waals surface area contributed by atoms with Crippen molar-refractivity contribution >= 4 is 35.0 Å². The van der Waals surface area contributed by atoms with Crippen molar-refractivity contribution < 1.29 is 27.6 Å². The van der Waals surface area contributed by atoms with Gasteiger partial charge in [-0.15, -0.1) is 0 Å². The van der Waals surface area contributed by atoms with Crippen molar-refractivity contribution in [2.45, 2.75) is 26.3 Å². The molecule has 11 heteroatoms. The summed E-state index contributed by atoms with van der Waals surface area (Å²) in [6, 6.07) is 6.48. The molecule has 0 unspecified atom stereocenters. The number of aromatic nitrogens is 2. The lowest BCUT2D eigenvalue weighted by atomic mass is 9.96. The molecule has 0 radical (unpaired) electrons. The minimum absolute atomic E-state index is 0.00801. The molecule has 1 atom stereocenters. The molecular weight excluding hydrogens is 473 g/mol. The first kappa shape index (κ1) is 25.0. The third-order valence-electron chi connectivity index (χ3n) is 5.02. The lowest BCUT2D eigenvalue weighted by Gasteiger charge is -2.19. The highest BCUT2D eigenvalue weighted by atomic mass is 35.5. The van der Waals surface area contributed by atoms with Gasteiger partial charge < -0.3 is 15.2 Å². The molecule has 2 aromatic carbocycles. The summed E-state index contributed by atoms with van der Waals surface area (Å²) < 4.78 is 44.1. The van der Waals surface area contributed by atoms with E-state index < -0.39 is 35.2 Å². The predicted octanol–water partition coefficient (Wildman–Crippen LogP) is 4.31. The molecule has 0 spiro atoms. The topological polar surface area (TPSA) is 93.1 Å². The number of carbonyl (C=O) groups is 3. The van der Waals surface area contributed by atoms with Gasteiger partial charge in [0.15, 0.2) is 5.82 Å². The molecule has 3 rings (SSSR count). The summed E-state index contributed by atoms with van der Waals surface area (Å²) in [5, 5.41) is 4.80. The van der Waals surface area contributed by atoms with Gasteiger partial charge in [0, 0.05) is 29.1 Å². The molecule has 2 amide bonds. The molecule has 178 valence electrons. The first-order valence-corrected chi connectivity index (χ1v) is 10.4. The Morgan fingerprint density at radius 2 is 1.74 bits per heavy atom. The second-order valence-corrected chi connectivity index (χ2v) is 7.94. The van der Waals surface area contributed by atoms with Crippen LogP contribution in [-0.2, 0) is 11.3 Å². The fraction of sp³-hybridized carbons (Fsp3) is 0.217. The van der Waals surface area contributed by atoms with Gasteiger partial charge in [-0.1, -0.05) is 24.6 Å². The molecule has 0 bridgehead atoms. The van der Waals surface area contributed by atoms with Crippen LogP contribution in [0.3, 0.4) is 0 Å². The minimum atomic E-state index is -1.09. The summed E-state index contributed by atoms with van der Waals surface area (Å²) >= 11 is 5.83. The van der Waals surface area contributed by atoms with Crippen molar-refractivity contribution in [1.82, 2.24) is 14.9 Å². The van der Waals surface area contributed by atoms with Crippen LogP contribution in [0.5, 0.6) is 0 Å². The van der Waals surface area contributed by atoms with Gasteiger partial charge >= 0.3 is 0 Å². The molecule has 0 saturated heterocycles. The molecule has 0 fully saturated rings. The smallest absolute Gasteiger partial charge is 0.287 e. The SMILES string of the molecule is CNC(=O)c1nc(NC(=O)c2cc(F)cc(Cl)c2)c([C@H](C)c2c(F)cccc2F)n1CC(C)=O. The molecule has 0 saturated carbocycles. The quantitative estimate of drug-likeness (QED) is 0.514. The van der Waals surface area contributed by atoms with E-state index in [1.807, 2.05) is 0 Å². The van der Waals surface area contributed by atoms with Gasteiger partial charge in [0.1, 0.15) is 23.2 Å². The van der Waals surface area contributed by atoms with Gasteiger partial charge in [-0.2, -0.15) is 0 Å². The van der Waals surface area contributed by atoms with Crippen molar-refractivity contribution in [3.63, 3.8) is 0 Å². The van der Waals surface area contributed by atoms with E-state index in [0.29, 0.717) is 0 Å². The zero-order chi connectivity index (χ0) is 25.2. The molecule has 0 aliphatic heterocycles. The summed E-state index contributed by atoms with van der Waals surface area (Å²) in [7, 11) is 1.34. The second-order valence-electron chi connectivity index (χ2n) is 7.51. The van der Waals surface area contributed by atoms with Gasteiger partial charge in [0.25, 0.3) is 11.8 Å². The number of anilines is 1. The van der Waals surface area contributed by atoms with Gasteiger partial charge in [-0.05, 0) is 37.3 Å². The maximum Gasteiger partial charge on any atom is 0.287 e. The number of halogens is 4. The van der Waals surface area contributed by atoms with Crippen molar-refractivity contribution in [3.05, 3.63) is 81.5 Å². The van der Waals surface area contributed by atoms with Crippen molar-refractivity contribution in [2.24, 2.45) is 0 Å². The van der Waals surface area contributed by atoms with Crippen molar-refractivity contribution in [2.75, 3.05) is 12.4 Å². The molecule has 34 heavy (non-hydrogen) atoms. The number of imidazole rings is 1. The van der Waals surface area contributed by atoms with Crippen LogP contribution in [0, 0.1) is 17.5 Å². The molecule has 7 nitrogen and oxygen atoms in total. The van der Waals surface area contributed by atoms with Gasteiger partial charge in [-0.25, -0.2) is 18.2 Å². The highest BCUT2D eigenvalue weighted by Crippen LogP contribution is 2.34. The van der Waals surface area contributed by atoms with Gasteiger partial charge in [-0.3, -0.25) is 14.4 Å². The zero-order valence-corrected chi connectivity index (χ0v) is 19.1. The summed E-state index contributed by atoms with van der Waals surface area (Å²) in [4.78, 5) is 41.5. The van der Waals surface area contributed by atoms with E-state index in [9.17, 15) is 27.6 Å². The highest BCUT2D eigenvalue weighted by Gasteiger charge is 2.30. The average Bonchev–Trinajstić information content (AvgIpc) is 3.09. The maximum atomic E-state index is 14.6. The van der Waals surface area contributed by atoms with E-state index in [-0.39, 0.29) is 45.8 Å². The number of rotatable bonds is 7. The molecule has 3 aromatic rings. The standard InChI is InChI=1S/C23H20ClF3N4O3/c1-11(32)10-31-19(12(2)18-16(26)5-4-6-17(18)27)20(29-21(31)23(34)28-3)30-22(33)13-7-14(24)9-15(25)8-13/h4-9,12H,10H2,1-3H3,(H,28,34)(H,30,33)/t12-/m1/s1. The number of nitrogens with zero attached hydrogens (tertiary/aromatic N) is 2. The largest absolute Gasteiger partial charge is 0.352 e. The lowest BCUT2D eigenvalue weighted by Crippen LogP contribution is -2.25. The van der Waals surface area contributed by atoms with Gasteiger partial charge in [0.05, 0.1) is 12.2 Å². The summed E-state index contributed by atoms with van der Waals surface area (Å²) in [5.41, 5.74) is -0.489. The van der Waals surface area contributed by atoms with Crippen LogP contribution >= 0.6 is 11.6 Å². The van der Waals surface area contributed by atoms with Crippen molar-refractivity contribution in [3.8, 4) is 0 Å². The van der Waals surface area contributed by atoms with E-state index in [0.717, 1.165) is 24.3 Å². The normalized spacial score (nSPS) is 11.7. The molecule has 1 aromatic heterocycles. The average molecular weight is 493 g/mol. The summed E-state index contributed by atoms with van der Waals surface area (Å²) in [5.74, 6) is -5.95. The lowest BCUT2D eigenvalue weighted by molar-refractivity contribution is -0.117. The Balaban J connectivity index is 2.21. The first-order valence-electron chi connectivity index (χ1n) is 10.1. The Kier molecular flexibility index (Phi) is 7.41. The summed E-state index contributed by atoms with van der Waals surface area (Å²) in [6.45, 7) is 2.35. The van der Waals surface area contributed by atoms with Crippen LogP contribution in [0.1, 0.15) is 52.0 Å². The molecular formula is C23H20ClF3N4O3. The zero-order valence-electron chi connectivity index (χ0n) is 18.4. The van der Waals surface area contributed by atoms with Gasteiger partial charge in [0.2, 0.25) is 5.82 Å². The van der Waals surface area contributed by atoms with E-state index >= 15 is 0 Å². The molecule has 0 aliphatic carbocycles. The third-order valence-corrected chi connectivity index (χ3v) is 5.24. The maximum absolute atomic E-state index is 14.6. The number of hydrogen-bond acceptors (Lipinski definition) is 4. The Morgan fingerprint density at radius 1 is 1.09 bits per heavy atom. The van der Waals surface area contributed by atoms with Crippen LogP contribution in [-0.4, -0.2) is 34.2 Å². The van der Waals surface area contributed by atoms with E-state index in [4.69, 9.17) is 11.6 Å². The monoisotopic (exact) mass is 492 g/mol. The Hall–Kier alpha value is -3.66. The number of amides is 2. The minimum Gasteiger partial charge on any atom is -0.352 e. The van der Waals surface area contributed by atoms with Crippen LogP contribution in [0.2, 0.25) is 5.02 Å². The Bertz CT molecular complexity index is 1250. The van der Waals surface area contributed by atoms with E-state index in [2.05, 4.69) is 15.6 Å². The van der Waals surface area contributed by atoms with Crippen LogP contribution in [0.4, 0.5) is 19.0 Å². The fourth-order valence-electron chi connectivity index (χ4n) is 3.59. The van der Waals surface area contributed by atoms with Crippen molar-refractivity contribution in [1.29, 1.82) is 0 Å². The Labute approximate surface area is 197 Å². The fourth-order valence-corrected chi connectivity index (χ4v) is 3.81. The summed E-state index contributed by atoms with van der Waals surface area (Å²) in [6.07, 6.45) is 0. The second kappa shape index (κ2) is 10.1. The molecule has 1 heterocycles. The first-order chi connectivity index (χ1) is 16.0. The number of ketones is 1. The number of nitrogens with one attached hydrogen (secondary N) is 2. The molecule has 0 aliphatic rings. The Morgan fingerprint density at radius 3 is 2.29 bits per heavy atom. The number of benzene rings is 2.